The van der Waals surface area contributed by atoms with Crippen molar-refractivity contribution in [3.8, 4) is 0 Å². The number of fused-ring (bicyclic) bond motifs is 1. The molecule has 0 atom stereocenters. The Morgan fingerprint density at radius 3 is 2.60 bits per heavy atom. The summed E-state index contributed by atoms with van der Waals surface area (Å²) in [6, 6.07) is 13.4. The van der Waals surface area contributed by atoms with Gasteiger partial charge in [0.15, 0.2) is 0 Å². The molecule has 0 spiro atoms. The molecular formula is C15H12N4S. The molecule has 4 nitrogen and oxygen atoms in total. The number of para-hydroxylation sites is 1. The molecular weight excluding hydrogens is 268 g/mol. The van der Waals surface area contributed by atoms with Gasteiger partial charge in [-0.2, -0.15) is 0 Å². The standard InChI is InChI=1S/C15H12N4S/c16-15(17)12-9-14(20-10-5-7-18-8-6-10)19-13-4-2-1-3-11(12)13/h1-9H,(H3,16,17). The van der Waals surface area contributed by atoms with Crippen molar-refractivity contribution in [2.75, 3.05) is 0 Å². The molecule has 0 fully saturated rings. The van der Waals surface area contributed by atoms with Crippen LogP contribution in [0.25, 0.3) is 10.9 Å². The zero-order valence-electron chi connectivity index (χ0n) is 10.6. The van der Waals surface area contributed by atoms with Crippen molar-refractivity contribution in [1.29, 1.82) is 5.41 Å². The van der Waals surface area contributed by atoms with Gasteiger partial charge in [0.25, 0.3) is 0 Å². The molecule has 98 valence electrons. The number of amidine groups is 1. The molecule has 2 aromatic heterocycles. The Hall–Kier alpha value is -2.40. The maximum absolute atomic E-state index is 7.72. The van der Waals surface area contributed by atoms with Gasteiger partial charge in [0.05, 0.1) is 5.52 Å². The summed E-state index contributed by atoms with van der Waals surface area (Å²) in [5.74, 6) is 0.0557. The number of nitrogens with two attached hydrogens (primary N) is 1. The van der Waals surface area contributed by atoms with Crippen LogP contribution in [-0.4, -0.2) is 15.8 Å². The van der Waals surface area contributed by atoms with Crippen molar-refractivity contribution in [2.45, 2.75) is 9.92 Å². The van der Waals surface area contributed by atoms with E-state index in [0.29, 0.717) is 5.56 Å². The average molecular weight is 280 g/mol. The second kappa shape index (κ2) is 5.30. The maximum Gasteiger partial charge on any atom is 0.123 e. The Balaban J connectivity index is 2.10. The molecule has 0 bridgehead atoms. The van der Waals surface area contributed by atoms with Gasteiger partial charge < -0.3 is 5.73 Å². The van der Waals surface area contributed by atoms with Crippen LogP contribution in [0.5, 0.6) is 0 Å². The van der Waals surface area contributed by atoms with Gasteiger partial charge in [0.1, 0.15) is 10.9 Å². The second-order valence-electron chi connectivity index (χ2n) is 4.22. The minimum Gasteiger partial charge on any atom is -0.384 e. The lowest BCUT2D eigenvalue weighted by Crippen LogP contribution is -2.12. The Morgan fingerprint density at radius 2 is 1.85 bits per heavy atom. The van der Waals surface area contributed by atoms with Gasteiger partial charge in [-0.05, 0) is 24.3 Å². The first-order valence-electron chi connectivity index (χ1n) is 6.06. The predicted octanol–water partition coefficient (Wildman–Crippen LogP) is 3.07. The van der Waals surface area contributed by atoms with Crippen LogP contribution in [0.4, 0.5) is 0 Å². The highest BCUT2D eigenvalue weighted by atomic mass is 32.2. The van der Waals surface area contributed by atoms with Crippen molar-refractivity contribution in [3.05, 3.63) is 60.4 Å². The number of rotatable bonds is 3. The summed E-state index contributed by atoms with van der Waals surface area (Å²) in [6.07, 6.45) is 3.49. The molecule has 0 saturated carbocycles. The van der Waals surface area contributed by atoms with Crippen LogP contribution in [0, 0.1) is 5.41 Å². The third-order valence-corrected chi connectivity index (χ3v) is 3.78. The van der Waals surface area contributed by atoms with Crippen LogP contribution < -0.4 is 5.73 Å². The van der Waals surface area contributed by atoms with Crippen LogP contribution in [0.2, 0.25) is 0 Å². The maximum atomic E-state index is 7.72. The molecule has 20 heavy (non-hydrogen) atoms. The summed E-state index contributed by atoms with van der Waals surface area (Å²) in [5, 5.41) is 9.45. The van der Waals surface area contributed by atoms with E-state index in [1.807, 2.05) is 42.5 Å². The smallest absolute Gasteiger partial charge is 0.123 e. The average Bonchev–Trinajstić information content (AvgIpc) is 2.47. The van der Waals surface area contributed by atoms with E-state index in [0.717, 1.165) is 20.8 Å². The number of pyridine rings is 2. The number of hydrogen-bond acceptors (Lipinski definition) is 4. The van der Waals surface area contributed by atoms with Gasteiger partial charge in [-0.1, -0.05) is 30.0 Å². The predicted molar refractivity (Wildman–Crippen MR) is 81.1 cm³/mol. The first kappa shape index (κ1) is 12.6. The first-order valence-corrected chi connectivity index (χ1v) is 6.88. The fourth-order valence-corrected chi connectivity index (χ4v) is 2.77. The molecule has 3 aromatic rings. The topological polar surface area (TPSA) is 75.7 Å². The molecule has 0 radical (unpaired) electrons. The van der Waals surface area contributed by atoms with Gasteiger partial charge in [-0.25, -0.2) is 4.98 Å². The summed E-state index contributed by atoms with van der Waals surface area (Å²) in [5.41, 5.74) is 7.24. The highest BCUT2D eigenvalue weighted by Gasteiger charge is 2.08. The van der Waals surface area contributed by atoms with E-state index in [4.69, 9.17) is 11.1 Å². The van der Waals surface area contributed by atoms with Crippen LogP contribution in [0.1, 0.15) is 5.56 Å². The largest absolute Gasteiger partial charge is 0.384 e. The molecule has 0 aliphatic rings. The van der Waals surface area contributed by atoms with Gasteiger partial charge in [-0.15, -0.1) is 0 Å². The molecule has 0 saturated heterocycles. The highest BCUT2D eigenvalue weighted by molar-refractivity contribution is 7.99. The summed E-state index contributed by atoms with van der Waals surface area (Å²) in [7, 11) is 0. The molecule has 0 unspecified atom stereocenters. The van der Waals surface area contributed by atoms with Gasteiger partial charge >= 0.3 is 0 Å². The summed E-state index contributed by atoms with van der Waals surface area (Å²) >= 11 is 1.53. The van der Waals surface area contributed by atoms with E-state index < -0.39 is 0 Å². The fourth-order valence-electron chi connectivity index (χ4n) is 1.95. The number of nitrogen functional groups attached to an aromatic ring is 1. The van der Waals surface area contributed by atoms with Crippen molar-refractivity contribution in [2.24, 2.45) is 5.73 Å². The monoisotopic (exact) mass is 280 g/mol. The Kier molecular flexibility index (Phi) is 3.35. The molecule has 1 aromatic carbocycles. The van der Waals surface area contributed by atoms with Crippen LogP contribution in [0.3, 0.4) is 0 Å². The number of benzene rings is 1. The Morgan fingerprint density at radius 1 is 1.10 bits per heavy atom. The van der Waals surface area contributed by atoms with E-state index in [2.05, 4.69) is 9.97 Å². The molecule has 2 heterocycles. The Bertz CT molecular complexity index is 771. The normalized spacial score (nSPS) is 10.6. The number of nitrogens with one attached hydrogen (secondary N) is 1. The summed E-state index contributed by atoms with van der Waals surface area (Å²) < 4.78 is 0. The zero-order valence-corrected chi connectivity index (χ0v) is 11.4. The van der Waals surface area contributed by atoms with Crippen molar-refractivity contribution in [3.63, 3.8) is 0 Å². The van der Waals surface area contributed by atoms with E-state index in [1.54, 1.807) is 12.4 Å². The lowest BCUT2D eigenvalue weighted by Gasteiger charge is -2.08. The highest BCUT2D eigenvalue weighted by Crippen LogP contribution is 2.29. The lowest BCUT2D eigenvalue weighted by molar-refractivity contribution is 1.17. The van der Waals surface area contributed by atoms with Crippen molar-refractivity contribution in [1.82, 2.24) is 9.97 Å². The lowest BCUT2D eigenvalue weighted by atomic mass is 10.1. The van der Waals surface area contributed by atoms with Crippen LogP contribution in [-0.2, 0) is 0 Å². The SMILES string of the molecule is N=C(N)c1cc(Sc2ccncc2)nc2ccccc12. The van der Waals surface area contributed by atoms with Crippen molar-refractivity contribution >= 4 is 28.5 Å². The molecule has 0 aliphatic carbocycles. The minimum absolute atomic E-state index is 0.0557. The second-order valence-corrected chi connectivity index (χ2v) is 5.32. The quantitative estimate of drug-likeness (QED) is 0.571. The molecule has 3 rings (SSSR count). The van der Waals surface area contributed by atoms with E-state index in [-0.39, 0.29) is 5.84 Å². The third kappa shape index (κ3) is 2.48. The molecule has 3 N–H and O–H groups in total. The Labute approximate surface area is 120 Å². The van der Waals surface area contributed by atoms with Gasteiger partial charge in [0.2, 0.25) is 0 Å². The van der Waals surface area contributed by atoms with E-state index >= 15 is 0 Å². The number of hydrogen-bond donors (Lipinski definition) is 2. The zero-order chi connectivity index (χ0) is 13.9. The van der Waals surface area contributed by atoms with E-state index in [1.165, 1.54) is 11.8 Å². The third-order valence-electron chi connectivity index (χ3n) is 2.86. The van der Waals surface area contributed by atoms with Crippen LogP contribution in [0.15, 0.2) is 64.8 Å². The molecule has 0 amide bonds. The number of nitrogens with zero attached hydrogens (tertiary/aromatic N) is 2. The summed E-state index contributed by atoms with van der Waals surface area (Å²) in [6.45, 7) is 0. The fraction of sp³-hybridized carbons (Fsp3) is 0. The first-order chi connectivity index (χ1) is 9.74. The van der Waals surface area contributed by atoms with Gasteiger partial charge in [0, 0.05) is 28.2 Å². The summed E-state index contributed by atoms with van der Waals surface area (Å²) in [4.78, 5) is 9.65. The molecule has 5 heteroatoms. The van der Waals surface area contributed by atoms with Crippen LogP contribution >= 0.6 is 11.8 Å². The molecule has 0 aliphatic heterocycles. The minimum atomic E-state index is 0.0557. The number of aromatic nitrogens is 2. The van der Waals surface area contributed by atoms with E-state index in [9.17, 15) is 0 Å². The van der Waals surface area contributed by atoms with Gasteiger partial charge in [-0.3, -0.25) is 10.4 Å². The van der Waals surface area contributed by atoms with Crippen molar-refractivity contribution < 1.29 is 0 Å².